The van der Waals surface area contributed by atoms with E-state index in [-0.39, 0.29) is 0 Å². The molecule has 0 radical (unpaired) electrons. The molecule has 44 valence electrons. The van der Waals surface area contributed by atoms with Crippen molar-refractivity contribution in [2.45, 2.75) is 0 Å². The Morgan fingerprint density at radius 2 is 2.38 bits per heavy atom. The van der Waals surface area contributed by atoms with Crippen molar-refractivity contribution in [1.29, 1.82) is 0 Å². The summed E-state index contributed by atoms with van der Waals surface area (Å²) in [6, 6.07) is 0. The summed E-state index contributed by atoms with van der Waals surface area (Å²) >= 11 is 0. The number of hydrogen-bond donors (Lipinski definition) is 0. The van der Waals surface area contributed by atoms with E-state index in [1.165, 1.54) is 0 Å². The second-order valence-corrected chi connectivity index (χ2v) is 0.838. The zero-order valence-corrected chi connectivity index (χ0v) is 3.86. The van der Waals surface area contributed by atoms with Gasteiger partial charge in [0.15, 0.2) is 0 Å². The van der Waals surface area contributed by atoms with Gasteiger partial charge >= 0.3 is 11.1 Å². The molecule has 0 amide bonds. The maximum absolute atomic E-state index is 9.84. The van der Waals surface area contributed by atoms with Crippen LogP contribution in [0.15, 0.2) is 12.7 Å². The first-order chi connectivity index (χ1) is 3.66. The largest absolute Gasteiger partial charge is 0.326 e. The van der Waals surface area contributed by atoms with Crippen molar-refractivity contribution in [2.24, 2.45) is 0 Å². The maximum atomic E-state index is 9.84. The minimum atomic E-state index is -1.19. The van der Waals surface area contributed by atoms with Gasteiger partial charge in [-0.3, -0.25) is 4.79 Å². The Labute approximate surface area is 44.7 Å². The second-order valence-electron chi connectivity index (χ2n) is 0.838. The van der Waals surface area contributed by atoms with E-state index in [2.05, 4.69) is 11.4 Å². The normalized spacial score (nSPS) is 7.50. The summed E-state index contributed by atoms with van der Waals surface area (Å²) in [6.07, 6.45) is 0.711. The molecule has 0 N–H and O–H groups in total. The lowest BCUT2D eigenvalue weighted by atomic mass is 10.7. The quantitative estimate of drug-likeness (QED) is 0.288. The number of hydrogen-bond acceptors (Lipinski definition) is 4. The van der Waals surface area contributed by atoms with E-state index < -0.39 is 11.1 Å². The third kappa shape index (κ3) is 2.83. The van der Waals surface area contributed by atoms with Crippen LogP contribution >= 0.6 is 0 Å². The van der Waals surface area contributed by atoms with E-state index in [4.69, 9.17) is 0 Å². The highest BCUT2D eigenvalue weighted by molar-refractivity contribution is 5.80. The molecule has 5 heteroatoms. The monoisotopic (exact) mass is 117 g/mol. The molecule has 0 aromatic carbocycles. The third-order valence-electron chi connectivity index (χ3n) is 0.331. The van der Waals surface area contributed by atoms with Crippen molar-refractivity contribution in [1.82, 2.24) is 0 Å². The van der Waals surface area contributed by atoms with Gasteiger partial charge in [-0.25, -0.2) is 4.84 Å². The molecule has 8 heavy (non-hydrogen) atoms. The molecule has 0 bridgehead atoms. The van der Waals surface area contributed by atoms with Gasteiger partial charge in [0, 0.05) is 6.08 Å². The van der Waals surface area contributed by atoms with Gasteiger partial charge in [-0.15, -0.1) is 10.1 Å². The summed E-state index contributed by atoms with van der Waals surface area (Å²) in [5, 5.41) is 8.09. The topological polar surface area (TPSA) is 69.4 Å². The Morgan fingerprint density at radius 1 is 1.88 bits per heavy atom. The molecule has 0 aliphatic carbocycles. The molecular formula is C3H3NO4. The van der Waals surface area contributed by atoms with Crippen molar-refractivity contribution in [3.8, 4) is 0 Å². The minimum absolute atomic E-state index is 0.711. The lowest BCUT2D eigenvalue weighted by Gasteiger charge is -1.84. The van der Waals surface area contributed by atoms with Crippen LogP contribution in [-0.2, 0) is 9.63 Å². The van der Waals surface area contributed by atoms with Gasteiger partial charge in [-0.1, -0.05) is 6.58 Å². The fraction of sp³-hybridized carbons (Fsp3) is 0. The summed E-state index contributed by atoms with van der Waals surface area (Å²) in [4.78, 5) is 22.5. The SMILES string of the molecule is C=CC(=O)O[N+](=O)[O-]. The predicted octanol–water partition coefficient (Wildman–Crippen LogP) is -0.0927. The Morgan fingerprint density at radius 3 is 2.50 bits per heavy atom. The van der Waals surface area contributed by atoms with E-state index in [0.29, 0.717) is 6.08 Å². The number of rotatable bonds is 2. The van der Waals surface area contributed by atoms with Crippen LogP contribution in [0.5, 0.6) is 0 Å². The van der Waals surface area contributed by atoms with Crippen molar-refractivity contribution in [2.75, 3.05) is 0 Å². The van der Waals surface area contributed by atoms with E-state index in [9.17, 15) is 14.9 Å². The molecule has 0 saturated heterocycles. The van der Waals surface area contributed by atoms with Gasteiger partial charge in [0.1, 0.15) is 0 Å². The third-order valence-corrected chi connectivity index (χ3v) is 0.331. The fourth-order valence-electron chi connectivity index (χ4n) is 0.111. The summed E-state index contributed by atoms with van der Waals surface area (Å²) in [5.41, 5.74) is 0. The molecule has 0 aliphatic rings. The Kier molecular flexibility index (Phi) is 2.25. The zero-order chi connectivity index (χ0) is 6.57. The molecule has 0 rings (SSSR count). The summed E-state index contributed by atoms with van der Waals surface area (Å²) in [7, 11) is 0. The molecule has 0 fully saturated rings. The van der Waals surface area contributed by atoms with Crippen LogP contribution in [0.2, 0.25) is 0 Å². The average Bonchev–Trinajstić information content (AvgIpc) is 1.65. The van der Waals surface area contributed by atoms with E-state index in [1.54, 1.807) is 0 Å². The molecule has 0 aromatic heterocycles. The summed E-state index contributed by atoms with van der Waals surface area (Å²) in [5.74, 6) is -1.06. The van der Waals surface area contributed by atoms with Crippen molar-refractivity contribution < 1.29 is 14.7 Å². The smallest absolute Gasteiger partial charge is 0.263 e. The molecule has 0 unspecified atom stereocenters. The van der Waals surface area contributed by atoms with E-state index in [0.717, 1.165) is 0 Å². The van der Waals surface area contributed by atoms with Crippen LogP contribution in [0.3, 0.4) is 0 Å². The Bertz CT molecular complexity index is 129. The van der Waals surface area contributed by atoms with Crippen LogP contribution in [-0.4, -0.2) is 11.1 Å². The Hall–Kier alpha value is -1.39. The van der Waals surface area contributed by atoms with Gasteiger partial charge in [0.2, 0.25) is 0 Å². The zero-order valence-electron chi connectivity index (χ0n) is 3.86. The van der Waals surface area contributed by atoms with Gasteiger partial charge in [0.25, 0.3) is 0 Å². The van der Waals surface area contributed by atoms with Crippen LogP contribution in [0, 0.1) is 10.1 Å². The van der Waals surface area contributed by atoms with Gasteiger partial charge in [-0.05, 0) is 0 Å². The van der Waals surface area contributed by atoms with E-state index >= 15 is 0 Å². The first kappa shape index (κ1) is 6.61. The lowest BCUT2D eigenvalue weighted by molar-refractivity contribution is -0.728. The molecule has 0 saturated carbocycles. The molecule has 0 aliphatic heterocycles. The summed E-state index contributed by atoms with van der Waals surface area (Å²) < 4.78 is 0. The summed E-state index contributed by atoms with van der Waals surface area (Å²) in [6.45, 7) is 2.93. The first-order valence-corrected chi connectivity index (χ1v) is 1.65. The molecule has 0 aromatic rings. The lowest BCUT2D eigenvalue weighted by Crippen LogP contribution is -2.06. The minimum Gasteiger partial charge on any atom is -0.263 e. The molecule has 0 atom stereocenters. The Balaban J connectivity index is 3.55. The van der Waals surface area contributed by atoms with Gasteiger partial charge in [-0.2, -0.15) is 0 Å². The molecule has 0 heterocycles. The number of carbonyl (C=O) groups excluding carboxylic acids is 1. The van der Waals surface area contributed by atoms with Crippen molar-refractivity contribution in [3.63, 3.8) is 0 Å². The maximum Gasteiger partial charge on any atom is 0.326 e. The van der Waals surface area contributed by atoms with Gasteiger partial charge < -0.3 is 0 Å². The number of carbonyl (C=O) groups is 1. The molecule has 5 nitrogen and oxygen atoms in total. The highest BCUT2D eigenvalue weighted by atomic mass is 17.0. The fourth-order valence-corrected chi connectivity index (χ4v) is 0.111. The highest BCUT2D eigenvalue weighted by Crippen LogP contribution is 1.76. The van der Waals surface area contributed by atoms with Crippen molar-refractivity contribution in [3.05, 3.63) is 22.8 Å². The van der Waals surface area contributed by atoms with Crippen LogP contribution in [0.1, 0.15) is 0 Å². The van der Waals surface area contributed by atoms with Crippen LogP contribution < -0.4 is 0 Å². The highest BCUT2D eigenvalue weighted by Gasteiger charge is 1.98. The van der Waals surface area contributed by atoms with Crippen LogP contribution in [0.25, 0.3) is 0 Å². The van der Waals surface area contributed by atoms with Gasteiger partial charge in [0.05, 0.1) is 0 Å². The second kappa shape index (κ2) is 2.73. The van der Waals surface area contributed by atoms with Crippen LogP contribution in [0.4, 0.5) is 0 Å². The average molecular weight is 117 g/mol. The predicted molar refractivity (Wildman–Crippen MR) is 23.3 cm³/mol. The molecular weight excluding hydrogens is 114 g/mol. The first-order valence-electron chi connectivity index (χ1n) is 1.65. The van der Waals surface area contributed by atoms with E-state index in [1.807, 2.05) is 0 Å². The van der Waals surface area contributed by atoms with Crippen molar-refractivity contribution >= 4 is 5.97 Å². The molecule has 0 spiro atoms. The standard InChI is InChI=1S/C3H3NO4/c1-2-3(5)8-4(6)7/h2H,1H2. The number of nitrogens with zero attached hydrogens (tertiary/aromatic N) is 1.